The monoisotopic (exact) mass is 337 g/mol. The molecule has 25 heavy (non-hydrogen) atoms. The maximum Gasteiger partial charge on any atom is 0.244 e. The fourth-order valence-corrected chi connectivity index (χ4v) is 2.47. The van der Waals surface area contributed by atoms with Gasteiger partial charge in [-0.2, -0.15) is 10.1 Å². The number of aromatic nitrogens is 3. The zero-order chi connectivity index (χ0) is 17.5. The zero-order valence-corrected chi connectivity index (χ0v) is 14.0. The lowest BCUT2D eigenvalue weighted by atomic mass is 10.1. The molecule has 1 aromatic heterocycles. The number of nitrogens with zero attached hydrogens (tertiary/aromatic N) is 3. The van der Waals surface area contributed by atoms with Gasteiger partial charge in [-0.15, -0.1) is 5.10 Å². The third-order valence-corrected chi connectivity index (χ3v) is 3.92. The van der Waals surface area contributed by atoms with Gasteiger partial charge in [-0.3, -0.25) is 0 Å². The average molecular weight is 337 g/mol. The summed E-state index contributed by atoms with van der Waals surface area (Å²) in [5.41, 5.74) is 3.09. The van der Waals surface area contributed by atoms with Crippen LogP contribution in [0.2, 0.25) is 0 Å². The Morgan fingerprint density at radius 2 is 1.72 bits per heavy atom. The van der Waals surface area contributed by atoms with Gasteiger partial charge in [-0.1, -0.05) is 42.5 Å². The number of nitrogens with one attached hydrogen (secondary N) is 2. The van der Waals surface area contributed by atoms with E-state index in [0.717, 1.165) is 0 Å². The molecule has 0 saturated heterocycles. The number of benzene rings is 2. The van der Waals surface area contributed by atoms with E-state index in [2.05, 4.69) is 44.9 Å². The Bertz CT molecular complexity index is 837. The summed E-state index contributed by atoms with van der Waals surface area (Å²) in [6, 6.07) is 14.9. The van der Waals surface area contributed by atoms with E-state index in [1.807, 2.05) is 18.2 Å². The van der Waals surface area contributed by atoms with Crippen molar-refractivity contribution in [2.45, 2.75) is 19.9 Å². The van der Waals surface area contributed by atoms with E-state index in [0.29, 0.717) is 36.8 Å². The summed E-state index contributed by atoms with van der Waals surface area (Å²) in [5, 5.41) is 14.2. The van der Waals surface area contributed by atoms with Crippen LogP contribution in [0.25, 0.3) is 0 Å². The van der Waals surface area contributed by atoms with Gasteiger partial charge < -0.3 is 10.6 Å². The molecular weight excluding hydrogens is 317 g/mol. The summed E-state index contributed by atoms with van der Waals surface area (Å²) in [4.78, 5) is 4.38. The standard InChI is InChI=1S/C19H20FN5/c1-14-6-2-3-8-16(14)12-22-18-13-23-25-19(24-18)21-11-10-15-7-4-5-9-17(15)20/h2-9,13H,10-12H2,1H3,(H2,21,22,24,25). The topological polar surface area (TPSA) is 62.7 Å². The second kappa shape index (κ2) is 8.19. The van der Waals surface area contributed by atoms with Gasteiger partial charge in [0.25, 0.3) is 0 Å². The number of hydrogen-bond acceptors (Lipinski definition) is 5. The molecule has 0 aliphatic carbocycles. The summed E-state index contributed by atoms with van der Waals surface area (Å²) in [7, 11) is 0. The van der Waals surface area contributed by atoms with Gasteiger partial charge in [0, 0.05) is 13.1 Å². The van der Waals surface area contributed by atoms with Gasteiger partial charge in [0.05, 0.1) is 6.20 Å². The number of hydrogen-bond donors (Lipinski definition) is 2. The van der Waals surface area contributed by atoms with Gasteiger partial charge in [0.2, 0.25) is 5.95 Å². The van der Waals surface area contributed by atoms with Crippen LogP contribution in [-0.4, -0.2) is 21.7 Å². The normalized spacial score (nSPS) is 10.5. The van der Waals surface area contributed by atoms with Crippen molar-refractivity contribution in [3.63, 3.8) is 0 Å². The highest BCUT2D eigenvalue weighted by Gasteiger charge is 2.04. The SMILES string of the molecule is Cc1ccccc1CNc1cnnc(NCCc2ccccc2F)n1. The Kier molecular flexibility index (Phi) is 5.51. The van der Waals surface area contributed by atoms with E-state index in [4.69, 9.17) is 0 Å². The molecule has 128 valence electrons. The average Bonchev–Trinajstić information content (AvgIpc) is 2.63. The molecule has 0 aliphatic heterocycles. The third kappa shape index (κ3) is 4.73. The summed E-state index contributed by atoms with van der Waals surface area (Å²) in [6.45, 7) is 3.27. The lowest BCUT2D eigenvalue weighted by Gasteiger charge is -2.09. The number of anilines is 2. The van der Waals surface area contributed by atoms with Crippen LogP contribution in [0.1, 0.15) is 16.7 Å². The van der Waals surface area contributed by atoms with Crippen molar-refractivity contribution in [2.75, 3.05) is 17.2 Å². The van der Waals surface area contributed by atoms with Gasteiger partial charge >= 0.3 is 0 Å². The van der Waals surface area contributed by atoms with E-state index in [1.54, 1.807) is 18.3 Å². The van der Waals surface area contributed by atoms with Crippen molar-refractivity contribution in [2.24, 2.45) is 0 Å². The highest BCUT2D eigenvalue weighted by atomic mass is 19.1. The second-order valence-electron chi connectivity index (χ2n) is 5.71. The lowest BCUT2D eigenvalue weighted by molar-refractivity contribution is 0.610. The van der Waals surface area contributed by atoms with Crippen molar-refractivity contribution in [3.8, 4) is 0 Å². The molecule has 6 heteroatoms. The molecule has 0 aliphatic rings. The van der Waals surface area contributed by atoms with E-state index < -0.39 is 0 Å². The second-order valence-corrected chi connectivity index (χ2v) is 5.71. The molecule has 0 fully saturated rings. The summed E-state index contributed by atoms with van der Waals surface area (Å²) in [6.07, 6.45) is 2.14. The van der Waals surface area contributed by atoms with Crippen molar-refractivity contribution in [1.82, 2.24) is 15.2 Å². The molecule has 2 aromatic carbocycles. The first kappa shape index (κ1) is 16.8. The van der Waals surface area contributed by atoms with E-state index in [9.17, 15) is 4.39 Å². The molecule has 0 bridgehead atoms. The molecule has 5 nitrogen and oxygen atoms in total. The van der Waals surface area contributed by atoms with Crippen LogP contribution in [-0.2, 0) is 13.0 Å². The predicted octanol–water partition coefficient (Wildman–Crippen LogP) is 3.59. The van der Waals surface area contributed by atoms with E-state index in [-0.39, 0.29) is 5.82 Å². The van der Waals surface area contributed by atoms with Crippen molar-refractivity contribution in [1.29, 1.82) is 0 Å². The van der Waals surface area contributed by atoms with Crippen LogP contribution in [0.4, 0.5) is 16.2 Å². The van der Waals surface area contributed by atoms with Crippen LogP contribution in [0.3, 0.4) is 0 Å². The minimum Gasteiger partial charge on any atom is -0.365 e. The first-order valence-corrected chi connectivity index (χ1v) is 8.18. The number of aryl methyl sites for hydroxylation is 1. The Labute approximate surface area is 146 Å². The van der Waals surface area contributed by atoms with Crippen LogP contribution >= 0.6 is 0 Å². The van der Waals surface area contributed by atoms with Crippen molar-refractivity contribution < 1.29 is 4.39 Å². The van der Waals surface area contributed by atoms with Crippen LogP contribution in [0, 0.1) is 12.7 Å². The summed E-state index contributed by atoms with van der Waals surface area (Å²) in [5.74, 6) is 0.870. The fraction of sp³-hybridized carbons (Fsp3) is 0.211. The van der Waals surface area contributed by atoms with Crippen LogP contribution in [0.5, 0.6) is 0 Å². The maximum absolute atomic E-state index is 13.6. The van der Waals surface area contributed by atoms with Crippen molar-refractivity contribution in [3.05, 3.63) is 77.2 Å². The molecular formula is C19H20FN5. The minimum absolute atomic E-state index is 0.197. The molecule has 0 amide bonds. The lowest BCUT2D eigenvalue weighted by Crippen LogP contribution is -2.11. The largest absolute Gasteiger partial charge is 0.365 e. The van der Waals surface area contributed by atoms with Crippen LogP contribution < -0.4 is 10.6 Å². The van der Waals surface area contributed by atoms with Gasteiger partial charge in [0.15, 0.2) is 5.82 Å². The van der Waals surface area contributed by atoms with E-state index in [1.165, 1.54) is 17.2 Å². The summed E-state index contributed by atoms with van der Waals surface area (Å²) < 4.78 is 13.6. The molecule has 0 saturated carbocycles. The van der Waals surface area contributed by atoms with Crippen molar-refractivity contribution >= 4 is 11.8 Å². The van der Waals surface area contributed by atoms with E-state index >= 15 is 0 Å². The maximum atomic E-state index is 13.6. The Hall–Kier alpha value is -3.02. The molecule has 1 heterocycles. The van der Waals surface area contributed by atoms with Gasteiger partial charge in [-0.05, 0) is 36.1 Å². The Morgan fingerprint density at radius 1 is 0.960 bits per heavy atom. The number of halogens is 1. The highest BCUT2D eigenvalue weighted by Crippen LogP contribution is 2.11. The summed E-state index contributed by atoms with van der Waals surface area (Å²) >= 11 is 0. The molecule has 3 aromatic rings. The van der Waals surface area contributed by atoms with Gasteiger partial charge in [-0.25, -0.2) is 4.39 Å². The third-order valence-electron chi connectivity index (χ3n) is 3.92. The molecule has 0 spiro atoms. The van der Waals surface area contributed by atoms with Crippen LogP contribution in [0.15, 0.2) is 54.7 Å². The zero-order valence-electron chi connectivity index (χ0n) is 14.0. The fourth-order valence-electron chi connectivity index (χ4n) is 2.47. The quantitative estimate of drug-likeness (QED) is 0.690. The molecule has 3 rings (SSSR count). The molecule has 0 radical (unpaired) electrons. The smallest absolute Gasteiger partial charge is 0.244 e. The molecule has 2 N–H and O–H groups in total. The van der Waals surface area contributed by atoms with Gasteiger partial charge in [0.1, 0.15) is 5.82 Å². The Balaban J connectivity index is 1.54. The number of rotatable bonds is 7. The first-order chi connectivity index (χ1) is 12.2. The molecule has 0 atom stereocenters. The first-order valence-electron chi connectivity index (χ1n) is 8.18. The highest BCUT2D eigenvalue weighted by molar-refractivity contribution is 5.39. The molecule has 0 unspecified atom stereocenters. The minimum atomic E-state index is -0.197. The predicted molar refractivity (Wildman–Crippen MR) is 96.9 cm³/mol. The Morgan fingerprint density at radius 3 is 2.52 bits per heavy atom.